The van der Waals surface area contributed by atoms with E-state index in [2.05, 4.69) is 37.1 Å². The van der Waals surface area contributed by atoms with Gasteiger partial charge in [-0.05, 0) is 70.5 Å². The highest BCUT2D eigenvalue weighted by Crippen LogP contribution is 2.36. The van der Waals surface area contributed by atoms with E-state index in [-0.39, 0.29) is 5.54 Å². The Kier molecular flexibility index (Phi) is 6.99. The van der Waals surface area contributed by atoms with Crippen molar-refractivity contribution >= 4 is 0 Å². The van der Waals surface area contributed by atoms with Gasteiger partial charge in [-0.2, -0.15) is 5.26 Å². The highest BCUT2D eigenvalue weighted by molar-refractivity contribution is 5.03. The Morgan fingerprint density at radius 2 is 2.00 bits per heavy atom. The molecular formula is C17H33N3. The number of likely N-dealkylation sites (tertiary alicyclic amines) is 1. The summed E-state index contributed by atoms with van der Waals surface area (Å²) in [7, 11) is 0. The summed E-state index contributed by atoms with van der Waals surface area (Å²) < 4.78 is 0. The normalized spacial score (nSPS) is 21.6. The molecule has 1 unspecified atom stereocenters. The average Bonchev–Trinajstić information content (AvgIpc) is 2.89. The first kappa shape index (κ1) is 17.5. The predicted molar refractivity (Wildman–Crippen MR) is 85.6 cm³/mol. The minimum Gasteiger partial charge on any atom is -0.303 e. The summed E-state index contributed by atoms with van der Waals surface area (Å²) in [5, 5.41) is 12.7. The molecule has 1 atom stereocenters. The fourth-order valence-corrected chi connectivity index (χ4v) is 3.29. The third-order valence-electron chi connectivity index (χ3n) is 5.18. The second-order valence-corrected chi connectivity index (χ2v) is 6.71. The molecule has 1 saturated heterocycles. The van der Waals surface area contributed by atoms with Gasteiger partial charge in [-0.1, -0.05) is 20.8 Å². The monoisotopic (exact) mass is 279 g/mol. The molecule has 0 aliphatic carbocycles. The van der Waals surface area contributed by atoms with Crippen LogP contribution >= 0.6 is 0 Å². The van der Waals surface area contributed by atoms with Crippen LogP contribution in [-0.2, 0) is 0 Å². The zero-order chi connectivity index (χ0) is 15.1. The Labute approximate surface area is 125 Å². The Morgan fingerprint density at radius 1 is 1.30 bits per heavy atom. The van der Waals surface area contributed by atoms with Gasteiger partial charge in [0, 0.05) is 6.54 Å². The first-order valence-electron chi connectivity index (χ1n) is 8.41. The van der Waals surface area contributed by atoms with Crippen LogP contribution in [0.5, 0.6) is 0 Å². The highest BCUT2D eigenvalue weighted by Gasteiger charge is 2.34. The van der Waals surface area contributed by atoms with Crippen molar-refractivity contribution in [3.05, 3.63) is 0 Å². The first-order valence-corrected chi connectivity index (χ1v) is 8.41. The van der Waals surface area contributed by atoms with Gasteiger partial charge in [0.25, 0.3) is 0 Å². The SMILES string of the molecule is CCCNC(C)(C#N)CCCN1CCC(CC)(CC)C1. The van der Waals surface area contributed by atoms with Crippen LogP contribution in [0.4, 0.5) is 0 Å². The third-order valence-corrected chi connectivity index (χ3v) is 5.18. The molecule has 0 aromatic rings. The lowest BCUT2D eigenvalue weighted by molar-refractivity contribution is 0.234. The van der Waals surface area contributed by atoms with Crippen molar-refractivity contribution in [1.82, 2.24) is 10.2 Å². The molecule has 116 valence electrons. The molecule has 1 fully saturated rings. The van der Waals surface area contributed by atoms with Gasteiger partial charge in [0.2, 0.25) is 0 Å². The predicted octanol–water partition coefficient (Wildman–Crippen LogP) is 3.56. The molecule has 3 nitrogen and oxygen atoms in total. The molecule has 0 saturated carbocycles. The van der Waals surface area contributed by atoms with Crippen molar-refractivity contribution in [2.24, 2.45) is 5.41 Å². The first-order chi connectivity index (χ1) is 9.53. The summed E-state index contributed by atoms with van der Waals surface area (Å²) >= 11 is 0. The summed E-state index contributed by atoms with van der Waals surface area (Å²) in [5.74, 6) is 0. The molecular weight excluding hydrogens is 246 g/mol. The summed E-state index contributed by atoms with van der Waals surface area (Å²) in [6, 6.07) is 2.45. The lowest BCUT2D eigenvalue weighted by atomic mass is 9.82. The van der Waals surface area contributed by atoms with E-state index in [0.717, 1.165) is 32.4 Å². The fourth-order valence-electron chi connectivity index (χ4n) is 3.29. The molecule has 1 aliphatic rings. The molecule has 1 aliphatic heterocycles. The summed E-state index contributed by atoms with van der Waals surface area (Å²) in [6.45, 7) is 13.4. The number of hydrogen-bond acceptors (Lipinski definition) is 3. The molecule has 0 aromatic carbocycles. The standard InChI is InChI=1S/C17H33N3/c1-5-11-19-16(4,14-18)9-8-12-20-13-10-17(6-2,7-3)15-20/h19H,5-13,15H2,1-4H3. The largest absolute Gasteiger partial charge is 0.303 e. The van der Waals surface area contributed by atoms with Crippen LogP contribution in [0.15, 0.2) is 0 Å². The van der Waals surface area contributed by atoms with Crippen LogP contribution in [-0.4, -0.2) is 36.6 Å². The van der Waals surface area contributed by atoms with Crippen LogP contribution in [0.25, 0.3) is 0 Å². The van der Waals surface area contributed by atoms with Crippen molar-refractivity contribution in [3.8, 4) is 6.07 Å². The van der Waals surface area contributed by atoms with Gasteiger partial charge in [-0.3, -0.25) is 5.32 Å². The Bertz CT molecular complexity index is 317. The Balaban J connectivity index is 2.33. The molecule has 20 heavy (non-hydrogen) atoms. The average molecular weight is 279 g/mol. The quantitative estimate of drug-likeness (QED) is 0.701. The third kappa shape index (κ3) is 4.75. The molecule has 0 spiro atoms. The second-order valence-electron chi connectivity index (χ2n) is 6.71. The summed E-state index contributed by atoms with van der Waals surface area (Å²) in [5.41, 5.74) is 0.224. The zero-order valence-electron chi connectivity index (χ0n) is 14.0. The minimum atomic E-state index is -0.345. The van der Waals surface area contributed by atoms with Gasteiger partial charge in [-0.25, -0.2) is 0 Å². The number of hydrogen-bond donors (Lipinski definition) is 1. The molecule has 0 bridgehead atoms. The van der Waals surface area contributed by atoms with Gasteiger partial charge in [0.05, 0.1) is 6.07 Å². The van der Waals surface area contributed by atoms with Gasteiger partial charge >= 0.3 is 0 Å². The maximum absolute atomic E-state index is 9.34. The van der Waals surface area contributed by atoms with E-state index in [9.17, 15) is 5.26 Å². The van der Waals surface area contributed by atoms with Gasteiger partial charge in [-0.15, -0.1) is 0 Å². The van der Waals surface area contributed by atoms with E-state index in [0.29, 0.717) is 5.41 Å². The minimum absolute atomic E-state index is 0.345. The van der Waals surface area contributed by atoms with Gasteiger partial charge in [0.15, 0.2) is 0 Å². The van der Waals surface area contributed by atoms with Crippen molar-refractivity contribution in [2.45, 2.75) is 71.8 Å². The van der Waals surface area contributed by atoms with Crippen LogP contribution < -0.4 is 5.32 Å². The maximum Gasteiger partial charge on any atom is 0.103 e. The van der Waals surface area contributed by atoms with E-state index < -0.39 is 0 Å². The van der Waals surface area contributed by atoms with Gasteiger partial charge < -0.3 is 4.90 Å². The summed E-state index contributed by atoms with van der Waals surface area (Å²) in [6.07, 6.45) is 7.10. The second kappa shape index (κ2) is 8.00. The smallest absolute Gasteiger partial charge is 0.103 e. The van der Waals surface area contributed by atoms with Crippen molar-refractivity contribution in [2.75, 3.05) is 26.2 Å². The van der Waals surface area contributed by atoms with E-state index in [1.54, 1.807) is 0 Å². The molecule has 0 amide bonds. The number of nitrogens with zero attached hydrogens (tertiary/aromatic N) is 2. The van der Waals surface area contributed by atoms with E-state index >= 15 is 0 Å². The van der Waals surface area contributed by atoms with Gasteiger partial charge in [0.1, 0.15) is 5.54 Å². The molecule has 1 rings (SSSR count). The van der Waals surface area contributed by atoms with Crippen LogP contribution in [0, 0.1) is 16.7 Å². The molecule has 1 N–H and O–H groups in total. The lowest BCUT2D eigenvalue weighted by Gasteiger charge is -2.27. The van der Waals surface area contributed by atoms with Crippen molar-refractivity contribution in [1.29, 1.82) is 5.26 Å². The van der Waals surface area contributed by atoms with E-state index in [1.165, 1.54) is 32.4 Å². The molecule has 1 heterocycles. The number of nitriles is 1. The van der Waals surface area contributed by atoms with E-state index in [1.807, 2.05) is 6.92 Å². The molecule has 0 radical (unpaired) electrons. The fraction of sp³-hybridized carbons (Fsp3) is 0.941. The van der Waals surface area contributed by atoms with Crippen molar-refractivity contribution < 1.29 is 0 Å². The molecule has 3 heteroatoms. The van der Waals surface area contributed by atoms with Crippen LogP contribution in [0.2, 0.25) is 0 Å². The Morgan fingerprint density at radius 3 is 2.50 bits per heavy atom. The molecule has 0 aromatic heterocycles. The highest BCUT2D eigenvalue weighted by atomic mass is 15.2. The van der Waals surface area contributed by atoms with E-state index in [4.69, 9.17) is 0 Å². The van der Waals surface area contributed by atoms with Crippen LogP contribution in [0.1, 0.15) is 66.2 Å². The topological polar surface area (TPSA) is 39.1 Å². The number of rotatable bonds is 9. The lowest BCUT2D eigenvalue weighted by Crippen LogP contribution is -2.42. The van der Waals surface area contributed by atoms with Crippen LogP contribution in [0.3, 0.4) is 0 Å². The maximum atomic E-state index is 9.34. The Hall–Kier alpha value is -0.590. The summed E-state index contributed by atoms with van der Waals surface area (Å²) in [4.78, 5) is 2.60. The van der Waals surface area contributed by atoms with Crippen molar-refractivity contribution in [3.63, 3.8) is 0 Å². The zero-order valence-corrected chi connectivity index (χ0v) is 14.0. The number of nitrogens with one attached hydrogen (secondary N) is 1.